The largest absolute Gasteiger partial charge is 0.748 e. The van der Waals surface area contributed by atoms with Crippen LogP contribution in [0.5, 0.6) is 0 Å². The van der Waals surface area contributed by atoms with Gasteiger partial charge >= 0.3 is 0 Å². The fourth-order valence-electron chi connectivity index (χ4n) is 4.53. The van der Waals surface area contributed by atoms with E-state index in [2.05, 4.69) is 4.72 Å². The quantitative estimate of drug-likeness (QED) is 0.186. The molecule has 2 atom stereocenters. The van der Waals surface area contributed by atoms with Gasteiger partial charge in [0.05, 0.1) is 27.3 Å². The molecule has 1 amide bonds. The zero-order chi connectivity index (χ0) is 26.8. The molecule has 196 valence electrons. The summed E-state index contributed by atoms with van der Waals surface area (Å²) in [5.41, 5.74) is 1.60. The average Bonchev–Trinajstić information content (AvgIpc) is 3.35. The van der Waals surface area contributed by atoms with Gasteiger partial charge in [0, 0.05) is 34.4 Å². The Morgan fingerprint density at radius 1 is 1.19 bits per heavy atom. The Morgan fingerprint density at radius 3 is 2.59 bits per heavy atom. The first kappa shape index (κ1) is 26.9. The second-order valence-corrected chi connectivity index (χ2v) is 15.1. The fourth-order valence-corrected chi connectivity index (χ4v) is 8.35. The van der Waals surface area contributed by atoms with Crippen molar-refractivity contribution in [2.24, 2.45) is 0 Å². The molecule has 0 radical (unpaired) electrons. The second kappa shape index (κ2) is 9.49. The normalized spacial score (nSPS) is 22.1. The van der Waals surface area contributed by atoms with Crippen molar-refractivity contribution in [3.05, 3.63) is 56.5 Å². The molecule has 9 nitrogen and oxygen atoms in total. The molecule has 15 heteroatoms. The van der Waals surface area contributed by atoms with Crippen LogP contribution in [0.2, 0.25) is 10.0 Å². The summed E-state index contributed by atoms with van der Waals surface area (Å²) < 4.78 is 62.1. The van der Waals surface area contributed by atoms with E-state index in [0.29, 0.717) is 16.6 Å². The van der Waals surface area contributed by atoms with E-state index in [1.807, 2.05) is 22.8 Å². The summed E-state index contributed by atoms with van der Waals surface area (Å²) in [5, 5.41) is 2.58. The predicted molar refractivity (Wildman–Crippen MR) is 145 cm³/mol. The lowest BCUT2D eigenvalue weighted by Gasteiger charge is -2.14. The second-order valence-electron chi connectivity index (χ2n) is 8.82. The highest BCUT2D eigenvalue weighted by Gasteiger charge is 2.68. The lowest BCUT2D eigenvalue weighted by Crippen LogP contribution is -2.39. The highest BCUT2D eigenvalue weighted by Crippen LogP contribution is 2.60. The first-order valence-corrected chi connectivity index (χ1v) is 16.8. The smallest absolute Gasteiger partial charge is 0.298 e. The van der Waals surface area contributed by atoms with Crippen LogP contribution in [-0.4, -0.2) is 51.9 Å². The topological polar surface area (TPSA) is 124 Å². The summed E-state index contributed by atoms with van der Waals surface area (Å²) in [6.07, 6.45) is 2.98. The maximum Gasteiger partial charge on any atom is 0.298 e. The fraction of sp³-hybridized carbons (Fsp3) is 0.273. The van der Waals surface area contributed by atoms with E-state index >= 15 is 0 Å². The number of quaternary nitrogens is 1. The van der Waals surface area contributed by atoms with Gasteiger partial charge in [0.2, 0.25) is 21.6 Å². The Kier molecular flexibility index (Phi) is 6.89. The van der Waals surface area contributed by atoms with Gasteiger partial charge in [-0.1, -0.05) is 34.5 Å². The van der Waals surface area contributed by atoms with Crippen LogP contribution in [0.1, 0.15) is 11.4 Å². The molecule has 37 heavy (non-hydrogen) atoms. The molecule has 2 aromatic carbocycles. The van der Waals surface area contributed by atoms with Crippen molar-refractivity contribution >= 4 is 94.3 Å². The highest BCUT2D eigenvalue weighted by molar-refractivity contribution is 8.03. The summed E-state index contributed by atoms with van der Waals surface area (Å²) >= 11 is 15.4. The number of rotatable bonds is 7. The zero-order valence-corrected chi connectivity index (χ0v) is 24.0. The maximum absolute atomic E-state index is 12.9. The van der Waals surface area contributed by atoms with E-state index in [4.69, 9.17) is 23.2 Å². The van der Waals surface area contributed by atoms with Crippen molar-refractivity contribution in [1.82, 2.24) is 9.21 Å². The number of hydrogen-bond acceptors (Lipinski definition) is 8. The monoisotopic (exact) mass is 620 g/mol. The molecule has 1 aromatic heterocycles. The standard InChI is InChI=1S/C22H19Cl2N3O6S4/c1-36(29,30)25-22(28)17-12-27(17)16-10-14(24)4-6-19(16)35-21(27)11-20-26(7-2-8-37(31,32)33)15-9-13(23)3-5-18(15)34-20/h3-6,9-11,17H,2,7-8,12H2,1H3/p+1. The number of carbonyl (C=O) groups is 1. The lowest BCUT2D eigenvalue weighted by molar-refractivity contribution is -0.668. The first-order chi connectivity index (χ1) is 17.3. The summed E-state index contributed by atoms with van der Waals surface area (Å²) in [7, 11) is -8.11. The molecule has 1 N–H and O–H groups in total. The molecule has 3 aromatic rings. The Balaban J connectivity index is 1.60. The van der Waals surface area contributed by atoms with Gasteiger partial charge in [-0.05, 0) is 36.0 Å². The van der Waals surface area contributed by atoms with Gasteiger partial charge in [-0.25, -0.2) is 26.0 Å². The Labute approximate surface area is 232 Å². The number of hydrogen-bond donors (Lipinski definition) is 1. The van der Waals surface area contributed by atoms with Gasteiger partial charge in [-0.3, -0.25) is 4.79 Å². The molecule has 3 heterocycles. The molecule has 2 aliphatic rings. The number of sulfonamides is 1. The van der Waals surface area contributed by atoms with Crippen molar-refractivity contribution in [3.8, 4) is 0 Å². The van der Waals surface area contributed by atoms with E-state index < -0.39 is 37.8 Å². The summed E-state index contributed by atoms with van der Waals surface area (Å²) in [6.45, 7) is 0.626. The Bertz CT molecular complexity index is 1700. The molecule has 5 rings (SSSR count). The van der Waals surface area contributed by atoms with Crippen LogP contribution < -0.4 is 13.8 Å². The Morgan fingerprint density at radius 2 is 1.89 bits per heavy atom. The lowest BCUT2D eigenvalue weighted by atomic mass is 10.3. The van der Waals surface area contributed by atoms with Gasteiger partial charge in [-0.15, -0.1) is 0 Å². The molecule has 1 fully saturated rings. The number of nitrogens with zero attached hydrogens (tertiary/aromatic N) is 2. The van der Waals surface area contributed by atoms with Crippen LogP contribution in [0.3, 0.4) is 0 Å². The number of nitrogens with one attached hydrogen (secondary N) is 1. The minimum Gasteiger partial charge on any atom is -0.748 e. The van der Waals surface area contributed by atoms with Crippen LogP contribution in [0, 0.1) is 0 Å². The summed E-state index contributed by atoms with van der Waals surface area (Å²) in [4.78, 5) is 13.8. The number of benzene rings is 2. The molecule has 2 aliphatic heterocycles. The van der Waals surface area contributed by atoms with E-state index in [1.54, 1.807) is 24.3 Å². The molecule has 0 bridgehead atoms. The van der Waals surface area contributed by atoms with Crippen molar-refractivity contribution < 1.29 is 30.7 Å². The van der Waals surface area contributed by atoms with E-state index in [1.165, 1.54) is 23.1 Å². The number of halogens is 2. The van der Waals surface area contributed by atoms with Crippen LogP contribution >= 0.6 is 46.3 Å². The van der Waals surface area contributed by atoms with Gasteiger partial charge in [-0.2, -0.15) is 4.57 Å². The van der Waals surface area contributed by atoms with Crippen LogP contribution in [0.4, 0.5) is 5.69 Å². The van der Waals surface area contributed by atoms with Gasteiger partial charge in [0.15, 0.2) is 23.8 Å². The third-order valence-electron chi connectivity index (χ3n) is 6.12. The number of fused-ring (bicyclic) bond motifs is 3. The number of aryl methyl sites for hydroxylation is 1. The summed E-state index contributed by atoms with van der Waals surface area (Å²) in [6, 6.07) is 10.2. The van der Waals surface area contributed by atoms with E-state index in [-0.39, 0.29) is 17.4 Å². The molecule has 2 unspecified atom stereocenters. The zero-order valence-electron chi connectivity index (χ0n) is 19.2. The number of thiazole rings is 1. The van der Waals surface area contributed by atoms with Crippen LogP contribution in [0.25, 0.3) is 16.3 Å². The third-order valence-corrected chi connectivity index (χ3v) is 10.3. The number of amides is 1. The van der Waals surface area contributed by atoms with Crippen molar-refractivity contribution in [2.45, 2.75) is 23.9 Å². The molecular formula is C22H20Cl2N3O6S4+. The number of carbonyl (C=O) groups excluding carboxylic acids is 1. The van der Waals surface area contributed by atoms with Crippen LogP contribution in [-0.2, 0) is 31.5 Å². The van der Waals surface area contributed by atoms with E-state index in [9.17, 15) is 26.2 Å². The number of aromatic nitrogens is 1. The predicted octanol–water partition coefficient (Wildman–Crippen LogP) is 3.30. The van der Waals surface area contributed by atoms with Crippen molar-refractivity contribution in [2.75, 3.05) is 18.6 Å². The van der Waals surface area contributed by atoms with Crippen LogP contribution in [0.15, 0.2) is 46.3 Å². The minimum absolute atomic E-state index is 0.118. The van der Waals surface area contributed by atoms with Crippen molar-refractivity contribution in [3.63, 3.8) is 0 Å². The van der Waals surface area contributed by atoms with Gasteiger partial charge < -0.3 is 4.55 Å². The first-order valence-electron chi connectivity index (χ1n) is 10.9. The minimum atomic E-state index is -4.37. The third kappa shape index (κ3) is 5.41. The van der Waals surface area contributed by atoms with E-state index in [0.717, 1.165) is 37.1 Å². The average molecular weight is 622 g/mol. The van der Waals surface area contributed by atoms with Gasteiger partial charge in [0.1, 0.15) is 4.70 Å². The Hall–Kier alpha value is -1.71. The maximum atomic E-state index is 12.9. The molecular weight excluding hydrogens is 601 g/mol. The molecule has 0 saturated carbocycles. The molecule has 1 spiro atoms. The highest BCUT2D eigenvalue weighted by atomic mass is 35.5. The molecule has 0 aliphatic carbocycles. The number of thioether (sulfide) groups is 1. The SMILES string of the molecule is CS(=O)(=O)NC(=O)C1C[N+]12C(=Cc1sc3ccc(Cl)cc3[n+]1CCCS(=O)(=O)[O-])Sc1ccc(Cl)cc12. The van der Waals surface area contributed by atoms with Crippen molar-refractivity contribution in [1.29, 1.82) is 0 Å². The summed E-state index contributed by atoms with van der Waals surface area (Å²) in [5.74, 6) is -1.10. The molecule has 1 saturated heterocycles. The van der Waals surface area contributed by atoms with Gasteiger partial charge in [0.25, 0.3) is 10.9 Å².